The van der Waals surface area contributed by atoms with Crippen molar-refractivity contribution in [2.75, 3.05) is 26.2 Å². The number of rotatable bonds is 5. The van der Waals surface area contributed by atoms with Crippen LogP contribution in [0.25, 0.3) is 6.08 Å². The first kappa shape index (κ1) is 17.7. The lowest BCUT2D eigenvalue weighted by Gasteiger charge is -2.47. The van der Waals surface area contributed by atoms with Gasteiger partial charge < -0.3 is 15.5 Å². The lowest BCUT2D eigenvalue weighted by atomic mass is 9.83. The van der Waals surface area contributed by atoms with Gasteiger partial charge in [-0.2, -0.15) is 5.10 Å². The molecule has 2 aliphatic heterocycles. The molecule has 0 aliphatic carbocycles. The zero-order valence-electron chi connectivity index (χ0n) is 14.8. The first-order valence-corrected chi connectivity index (χ1v) is 9.03. The van der Waals surface area contributed by atoms with Gasteiger partial charge in [-0.25, -0.2) is 0 Å². The van der Waals surface area contributed by atoms with Crippen LogP contribution in [0.2, 0.25) is 0 Å². The molecule has 25 heavy (non-hydrogen) atoms. The van der Waals surface area contributed by atoms with Gasteiger partial charge in [0.2, 0.25) is 11.8 Å². The zero-order chi connectivity index (χ0) is 17.8. The van der Waals surface area contributed by atoms with Crippen LogP contribution >= 0.6 is 0 Å². The molecular weight excluding hydrogens is 318 g/mol. The number of likely N-dealkylation sites (tertiary alicyclic amines) is 2. The highest BCUT2D eigenvalue weighted by Crippen LogP contribution is 2.31. The molecule has 0 aromatic carbocycles. The molecule has 2 fully saturated rings. The number of hydrogen-bond donors (Lipinski definition) is 1. The molecule has 7 nitrogen and oxygen atoms in total. The van der Waals surface area contributed by atoms with Gasteiger partial charge in [-0.1, -0.05) is 0 Å². The number of carbonyl (C=O) groups excluding carboxylic acids is 2. The van der Waals surface area contributed by atoms with Crippen molar-refractivity contribution in [3.05, 3.63) is 24.0 Å². The summed E-state index contributed by atoms with van der Waals surface area (Å²) in [5.41, 5.74) is 6.52. The van der Waals surface area contributed by atoms with Crippen LogP contribution in [0.5, 0.6) is 0 Å². The molecule has 3 heterocycles. The second-order valence-electron chi connectivity index (χ2n) is 6.95. The Morgan fingerprint density at radius 2 is 2.28 bits per heavy atom. The second-order valence-corrected chi connectivity index (χ2v) is 6.95. The molecule has 2 N–H and O–H groups in total. The number of aromatic nitrogens is 2. The smallest absolute Gasteiger partial charge is 0.246 e. The van der Waals surface area contributed by atoms with Crippen molar-refractivity contribution in [3.8, 4) is 0 Å². The van der Waals surface area contributed by atoms with E-state index in [0.717, 1.165) is 37.9 Å². The summed E-state index contributed by atoms with van der Waals surface area (Å²) in [5.74, 6) is 0.652. The van der Waals surface area contributed by atoms with Crippen molar-refractivity contribution >= 4 is 17.9 Å². The molecule has 3 rings (SSSR count). The summed E-state index contributed by atoms with van der Waals surface area (Å²) in [5, 5.41) is 4.10. The SMILES string of the molecule is Cn1cc(C=CC(=O)N2CC[C@@H]3[C@@H](CCC(=O)N3CCCN)C2)cn1. The maximum Gasteiger partial charge on any atom is 0.246 e. The first-order chi connectivity index (χ1) is 12.1. The number of fused-ring (bicyclic) bond motifs is 1. The molecule has 0 saturated carbocycles. The number of nitrogens with two attached hydrogens (primary N) is 1. The van der Waals surface area contributed by atoms with E-state index in [-0.39, 0.29) is 17.9 Å². The normalized spacial score (nSPS) is 24.0. The van der Waals surface area contributed by atoms with Crippen LogP contribution in [0, 0.1) is 5.92 Å². The Kier molecular flexibility index (Phi) is 5.53. The maximum atomic E-state index is 12.5. The van der Waals surface area contributed by atoms with E-state index in [4.69, 9.17) is 5.73 Å². The van der Waals surface area contributed by atoms with E-state index in [1.54, 1.807) is 23.0 Å². The van der Waals surface area contributed by atoms with E-state index in [1.807, 2.05) is 23.0 Å². The molecule has 136 valence electrons. The van der Waals surface area contributed by atoms with Crippen LogP contribution in [0.15, 0.2) is 18.5 Å². The Bertz CT molecular complexity index is 654. The van der Waals surface area contributed by atoms with Crippen molar-refractivity contribution in [2.24, 2.45) is 18.7 Å². The molecule has 1 aromatic rings. The van der Waals surface area contributed by atoms with Crippen molar-refractivity contribution < 1.29 is 9.59 Å². The highest BCUT2D eigenvalue weighted by molar-refractivity contribution is 5.91. The summed E-state index contributed by atoms with van der Waals surface area (Å²) >= 11 is 0. The number of piperidine rings is 2. The van der Waals surface area contributed by atoms with Crippen molar-refractivity contribution in [1.29, 1.82) is 0 Å². The van der Waals surface area contributed by atoms with Crippen LogP contribution in [0.1, 0.15) is 31.2 Å². The molecule has 1 aromatic heterocycles. The number of nitrogens with zero attached hydrogens (tertiary/aromatic N) is 4. The lowest BCUT2D eigenvalue weighted by molar-refractivity contribution is -0.143. The zero-order valence-corrected chi connectivity index (χ0v) is 14.8. The minimum Gasteiger partial charge on any atom is -0.339 e. The largest absolute Gasteiger partial charge is 0.339 e. The molecule has 7 heteroatoms. The first-order valence-electron chi connectivity index (χ1n) is 9.03. The molecule has 2 amide bonds. The van der Waals surface area contributed by atoms with E-state index in [0.29, 0.717) is 25.4 Å². The Hall–Kier alpha value is -2.15. The lowest BCUT2D eigenvalue weighted by Crippen LogP contribution is -2.57. The Labute approximate surface area is 148 Å². The minimum absolute atomic E-state index is 0.0349. The van der Waals surface area contributed by atoms with Crippen molar-refractivity contribution in [2.45, 2.75) is 31.7 Å². The van der Waals surface area contributed by atoms with Crippen LogP contribution in [-0.4, -0.2) is 63.6 Å². The number of amides is 2. The molecule has 0 unspecified atom stereocenters. The average molecular weight is 345 g/mol. The topological polar surface area (TPSA) is 84.5 Å². The average Bonchev–Trinajstić information content (AvgIpc) is 3.04. The summed E-state index contributed by atoms with van der Waals surface area (Å²) in [7, 11) is 1.85. The highest BCUT2D eigenvalue weighted by atomic mass is 16.2. The fourth-order valence-electron chi connectivity index (χ4n) is 3.90. The van der Waals surface area contributed by atoms with E-state index in [2.05, 4.69) is 5.10 Å². The molecule has 0 radical (unpaired) electrons. The molecule has 2 aliphatic rings. The molecule has 2 saturated heterocycles. The molecule has 2 atom stereocenters. The Balaban J connectivity index is 1.60. The monoisotopic (exact) mass is 345 g/mol. The summed E-state index contributed by atoms with van der Waals surface area (Å²) in [6.07, 6.45) is 10.2. The number of hydrogen-bond acceptors (Lipinski definition) is 4. The van der Waals surface area contributed by atoms with Gasteiger partial charge in [0, 0.05) is 57.0 Å². The quantitative estimate of drug-likeness (QED) is 0.793. The van der Waals surface area contributed by atoms with E-state index < -0.39 is 0 Å². The van der Waals surface area contributed by atoms with E-state index in [1.165, 1.54) is 0 Å². The standard InChI is InChI=1S/C18H27N5O2/c1-21-12-14(11-20-21)3-5-17(24)22-10-7-16-15(13-22)4-6-18(25)23(16)9-2-8-19/h3,5,11-12,15-16H,2,4,6-10,13,19H2,1H3/t15-,16+/m0/s1. The summed E-state index contributed by atoms with van der Waals surface area (Å²) < 4.78 is 1.71. The van der Waals surface area contributed by atoms with Crippen LogP contribution in [0.3, 0.4) is 0 Å². The van der Waals surface area contributed by atoms with Crippen molar-refractivity contribution in [1.82, 2.24) is 19.6 Å². The predicted molar refractivity (Wildman–Crippen MR) is 95.3 cm³/mol. The maximum absolute atomic E-state index is 12.5. The van der Waals surface area contributed by atoms with Gasteiger partial charge >= 0.3 is 0 Å². The van der Waals surface area contributed by atoms with E-state index >= 15 is 0 Å². The third-order valence-corrected chi connectivity index (χ3v) is 5.20. The van der Waals surface area contributed by atoms with Crippen LogP contribution < -0.4 is 5.73 Å². The van der Waals surface area contributed by atoms with Crippen LogP contribution in [-0.2, 0) is 16.6 Å². The van der Waals surface area contributed by atoms with Gasteiger partial charge in [0.05, 0.1) is 6.20 Å². The summed E-state index contributed by atoms with van der Waals surface area (Å²) in [6.45, 7) is 2.77. The van der Waals surface area contributed by atoms with Crippen molar-refractivity contribution in [3.63, 3.8) is 0 Å². The summed E-state index contributed by atoms with van der Waals surface area (Å²) in [4.78, 5) is 28.6. The molecule has 0 bridgehead atoms. The fourth-order valence-corrected chi connectivity index (χ4v) is 3.90. The van der Waals surface area contributed by atoms with Gasteiger partial charge in [-0.15, -0.1) is 0 Å². The third-order valence-electron chi connectivity index (χ3n) is 5.20. The van der Waals surface area contributed by atoms with Gasteiger partial charge in [-0.05, 0) is 37.8 Å². The Morgan fingerprint density at radius 1 is 1.44 bits per heavy atom. The number of carbonyl (C=O) groups is 2. The predicted octanol–water partition coefficient (Wildman–Crippen LogP) is 0.622. The van der Waals surface area contributed by atoms with E-state index in [9.17, 15) is 9.59 Å². The second kappa shape index (κ2) is 7.82. The van der Waals surface area contributed by atoms with Gasteiger partial charge in [-0.3, -0.25) is 14.3 Å². The Morgan fingerprint density at radius 3 is 3.00 bits per heavy atom. The molecular formula is C18H27N5O2. The third kappa shape index (κ3) is 4.10. The minimum atomic E-state index is 0.0349. The highest BCUT2D eigenvalue weighted by Gasteiger charge is 2.39. The van der Waals surface area contributed by atoms with Crippen LogP contribution in [0.4, 0.5) is 0 Å². The summed E-state index contributed by atoms with van der Waals surface area (Å²) in [6, 6.07) is 0.263. The fraction of sp³-hybridized carbons (Fsp3) is 0.611. The van der Waals surface area contributed by atoms with Gasteiger partial charge in [0.25, 0.3) is 0 Å². The molecule has 0 spiro atoms. The van der Waals surface area contributed by atoms with Gasteiger partial charge in [0.15, 0.2) is 0 Å². The van der Waals surface area contributed by atoms with Gasteiger partial charge in [0.1, 0.15) is 0 Å². The number of aryl methyl sites for hydroxylation is 1.